The number of benzene rings is 1. The zero-order valence-corrected chi connectivity index (χ0v) is 11.2. The van der Waals surface area contributed by atoms with E-state index in [1.54, 1.807) is 0 Å². The highest BCUT2D eigenvalue weighted by Crippen LogP contribution is 2.14. The first-order chi connectivity index (χ1) is 7.74. The lowest BCUT2D eigenvalue weighted by Crippen LogP contribution is -2.36. The Balaban J connectivity index is 1.82. The molecule has 2 heteroatoms. The van der Waals surface area contributed by atoms with Crippen LogP contribution in [-0.2, 0) is 6.42 Å². The summed E-state index contributed by atoms with van der Waals surface area (Å²) in [6.45, 7) is 2.26. The largest absolute Gasteiger partial charge is 0.311 e. The molecule has 0 amide bonds. The van der Waals surface area contributed by atoms with Crippen LogP contribution in [0.1, 0.15) is 25.3 Å². The average Bonchev–Trinajstić information content (AvgIpc) is 2.74. The Morgan fingerprint density at radius 1 is 1.25 bits per heavy atom. The molecule has 0 heterocycles. The molecule has 1 aliphatic rings. The summed E-state index contributed by atoms with van der Waals surface area (Å²) < 4.78 is 1.15. The third-order valence-corrected chi connectivity index (χ3v) is 3.51. The van der Waals surface area contributed by atoms with Crippen molar-refractivity contribution in [1.29, 1.82) is 0 Å². The van der Waals surface area contributed by atoms with Gasteiger partial charge < -0.3 is 5.32 Å². The highest BCUT2D eigenvalue weighted by Gasteiger charge is 2.12. The lowest BCUT2D eigenvalue weighted by Gasteiger charge is -2.19. The lowest BCUT2D eigenvalue weighted by molar-refractivity contribution is 0.457. The van der Waals surface area contributed by atoms with E-state index < -0.39 is 0 Å². The number of nitrogens with one attached hydrogen (secondary N) is 1. The van der Waals surface area contributed by atoms with Crippen LogP contribution in [0.3, 0.4) is 0 Å². The molecule has 0 saturated heterocycles. The third-order valence-electron chi connectivity index (χ3n) is 2.98. The minimum absolute atomic E-state index is 0.547. The van der Waals surface area contributed by atoms with Crippen molar-refractivity contribution in [3.8, 4) is 0 Å². The van der Waals surface area contributed by atoms with Crippen molar-refractivity contribution < 1.29 is 0 Å². The summed E-state index contributed by atoms with van der Waals surface area (Å²) in [4.78, 5) is 0. The van der Waals surface area contributed by atoms with Crippen LogP contribution in [0.4, 0.5) is 0 Å². The fraction of sp³-hybridized carbons (Fsp3) is 0.429. The molecule has 1 aromatic carbocycles. The molecular weight excluding hydrogens is 262 g/mol. The van der Waals surface area contributed by atoms with Crippen molar-refractivity contribution in [3.05, 3.63) is 46.5 Å². The van der Waals surface area contributed by atoms with Crippen LogP contribution in [0.5, 0.6) is 0 Å². The Bertz CT molecular complexity index is 348. The SMILES string of the molecule is CC(Cc1ccc(Br)cc1)NC1CC=CC1. The molecule has 1 aliphatic carbocycles. The van der Waals surface area contributed by atoms with E-state index in [2.05, 4.69) is 64.6 Å². The minimum Gasteiger partial charge on any atom is -0.311 e. The number of hydrogen-bond donors (Lipinski definition) is 1. The predicted octanol–water partition coefficient (Wildman–Crippen LogP) is 3.69. The average molecular weight is 280 g/mol. The zero-order valence-electron chi connectivity index (χ0n) is 9.62. The summed E-state index contributed by atoms with van der Waals surface area (Å²) in [5, 5.41) is 3.67. The van der Waals surface area contributed by atoms with E-state index in [9.17, 15) is 0 Å². The summed E-state index contributed by atoms with van der Waals surface area (Å²) in [6.07, 6.45) is 8.01. The maximum Gasteiger partial charge on any atom is 0.0175 e. The van der Waals surface area contributed by atoms with Crippen molar-refractivity contribution in [2.24, 2.45) is 0 Å². The highest BCUT2D eigenvalue weighted by molar-refractivity contribution is 9.10. The first kappa shape index (κ1) is 11.9. The Kier molecular flexibility index (Phi) is 4.19. The van der Waals surface area contributed by atoms with Gasteiger partial charge in [-0.25, -0.2) is 0 Å². The summed E-state index contributed by atoms with van der Waals surface area (Å²) >= 11 is 3.46. The van der Waals surface area contributed by atoms with E-state index in [1.807, 2.05) is 0 Å². The third kappa shape index (κ3) is 3.46. The lowest BCUT2D eigenvalue weighted by atomic mass is 10.1. The van der Waals surface area contributed by atoms with Gasteiger partial charge in [0, 0.05) is 16.6 Å². The molecule has 1 unspecified atom stereocenters. The fourth-order valence-electron chi connectivity index (χ4n) is 2.19. The summed E-state index contributed by atoms with van der Waals surface area (Å²) in [7, 11) is 0. The van der Waals surface area contributed by atoms with Crippen LogP contribution >= 0.6 is 15.9 Å². The van der Waals surface area contributed by atoms with Crippen molar-refractivity contribution >= 4 is 15.9 Å². The quantitative estimate of drug-likeness (QED) is 0.829. The van der Waals surface area contributed by atoms with Gasteiger partial charge in [0.25, 0.3) is 0 Å². The van der Waals surface area contributed by atoms with Gasteiger partial charge in [0.05, 0.1) is 0 Å². The molecule has 0 aliphatic heterocycles. The summed E-state index contributed by atoms with van der Waals surface area (Å²) in [5.41, 5.74) is 1.40. The van der Waals surface area contributed by atoms with Gasteiger partial charge in [-0.1, -0.05) is 40.2 Å². The zero-order chi connectivity index (χ0) is 11.4. The van der Waals surface area contributed by atoms with Crippen LogP contribution in [0.2, 0.25) is 0 Å². The summed E-state index contributed by atoms with van der Waals surface area (Å²) in [6, 6.07) is 9.80. The van der Waals surface area contributed by atoms with Gasteiger partial charge in [0.2, 0.25) is 0 Å². The van der Waals surface area contributed by atoms with Gasteiger partial charge in [-0.15, -0.1) is 0 Å². The Hall–Kier alpha value is -0.600. The minimum atomic E-state index is 0.547. The number of rotatable bonds is 4. The first-order valence-corrected chi connectivity index (χ1v) is 6.69. The molecule has 1 N–H and O–H groups in total. The fourth-order valence-corrected chi connectivity index (χ4v) is 2.45. The van der Waals surface area contributed by atoms with E-state index in [0.717, 1.165) is 10.9 Å². The van der Waals surface area contributed by atoms with E-state index in [-0.39, 0.29) is 0 Å². The monoisotopic (exact) mass is 279 g/mol. The molecule has 1 atom stereocenters. The Morgan fingerprint density at radius 3 is 2.50 bits per heavy atom. The molecule has 86 valence electrons. The molecule has 2 rings (SSSR count). The van der Waals surface area contributed by atoms with Crippen LogP contribution in [0.25, 0.3) is 0 Å². The van der Waals surface area contributed by atoms with E-state index in [4.69, 9.17) is 0 Å². The second kappa shape index (κ2) is 5.65. The maximum absolute atomic E-state index is 3.67. The first-order valence-electron chi connectivity index (χ1n) is 5.89. The van der Waals surface area contributed by atoms with Crippen LogP contribution in [0.15, 0.2) is 40.9 Å². The molecule has 16 heavy (non-hydrogen) atoms. The van der Waals surface area contributed by atoms with Gasteiger partial charge in [-0.3, -0.25) is 0 Å². The van der Waals surface area contributed by atoms with E-state index in [0.29, 0.717) is 12.1 Å². The molecule has 0 aromatic heterocycles. The van der Waals surface area contributed by atoms with Crippen molar-refractivity contribution in [2.75, 3.05) is 0 Å². The molecule has 1 aromatic rings. The maximum atomic E-state index is 3.67. The van der Waals surface area contributed by atoms with Gasteiger partial charge in [-0.05, 0) is 43.9 Å². The number of halogens is 1. The second-order valence-corrected chi connectivity index (χ2v) is 5.45. The second-order valence-electron chi connectivity index (χ2n) is 4.54. The van der Waals surface area contributed by atoms with Crippen LogP contribution in [-0.4, -0.2) is 12.1 Å². The van der Waals surface area contributed by atoms with Gasteiger partial charge >= 0.3 is 0 Å². The molecule has 0 fully saturated rings. The Morgan fingerprint density at radius 2 is 1.88 bits per heavy atom. The van der Waals surface area contributed by atoms with Crippen molar-refractivity contribution in [3.63, 3.8) is 0 Å². The van der Waals surface area contributed by atoms with Gasteiger partial charge in [-0.2, -0.15) is 0 Å². The summed E-state index contributed by atoms with van der Waals surface area (Å²) in [5.74, 6) is 0. The molecule has 0 radical (unpaired) electrons. The molecule has 1 nitrogen and oxygen atoms in total. The molecular formula is C14H18BrN. The molecule has 0 saturated carbocycles. The van der Waals surface area contributed by atoms with Gasteiger partial charge in [0.1, 0.15) is 0 Å². The standard InChI is InChI=1S/C14H18BrN/c1-11(16-14-4-2-3-5-14)10-12-6-8-13(15)9-7-12/h2-3,6-9,11,14,16H,4-5,10H2,1H3. The topological polar surface area (TPSA) is 12.0 Å². The predicted molar refractivity (Wildman–Crippen MR) is 72.6 cm³/mol. The van der Waals surface area contributed by atoms with E-state index in [1.165, 1.54) is 18.4 Å². The normalized spacial score (nSPS) is 17.9. The van der Waals surface area contributed by atoms with Gasteiger partial charge in [0.15, 0.2) is 0 Å². The van der Waals surface area contributed by atoms with Crippen molar-refractivity contribution in [1.82, 2.24) is 5.32 Å². The van der Waals surface area contributed by atoms with E-state index >= 15 is 0 Å². The smallest absolute Gasteiger partial charge is 0.0175 e. The van der Waals surface area contributed by atoms with Crippen LogP contribution < -0.4 is 5.32 Å². The number of hydrogen-bond acceptors (Lipinski definition) is 1. The van der Waals surface area contributed by atoms with Crippen LogP contribution in [0, 0.1) is 0 Å². The highest BCUT2D eigenvalue weighted by atomic mass is 79.9. The Labute approximate surface area is 106 Å². The van der Waals surface area contributed by atoms with Crippen molar-refractivity contribution in [2.45, 2.75) is 38.3 Å². The molecule has 0 spiro atoms. The molecule has 0 bridgehead atoms.